The Morgan fingerprint density at radius 2 is 1.57 bits per heavy atom. The van der Waals surface area contributed by atoms with Crippen molar-refractivity contribution in [2.75, 3.05) is 12.4 Å². The highest BCUT2D eigenvalue weighted by molar-refractivity contribution is 6.10. The smallest absolute Gasteiger partial charge is 0.255 e. The van der Waals surface area contributed by atoms with Crippen molar-refractivity contribution >= 4 is 23.0 Å². The molecule has 28 heavy (non-hydrogen) atoms. The first-order valence-electron chi connectivity index (χ1n) is 8.74. The maximum Gasteiger partial charge on any atom is 0.255 e. The average Bonchev–Trinajstić information content (AvgIpc) is 2.74. The van der Waals surface area contributed by atoms with Gasteiger partial charge in [0.2, 0.25) is 0 Å². The maximum atomic E-state index is 12.3. The van der Waals surface area contributed by atoms with Gasteiger partial charge in [0, 0.05) is 28.6 Å². The number of ether oxygens (including phenoxy) is 1. The Bertz CT molecular complexity index is 1010. The summed E-state index contributed by atoms with van der Waals surface area (Å²) in [6, 6.07) is 23.6. The van der Waals surface area contributed by atoms with Crippen LogP contribution in [0.1, 0.15) is 21.5 Å². The molecule has 5 nitrogen and oxygen atoms in total. The molecule has 4 N–H and O–H groups in total. The Morgan fingerprint density at radius 1 is 0.964 bits per heavy atom. The number of allylic oxidation sites excluding steroid dienone is 1. The summed E-state index contributed by atoms with van der Waals surface area (Å²) >= 11 is 0. The predicted octanol–water partition coefficient (Wildman–Crippen LogP) is 4.32. The van der Waals surface area contributed by atoms with Gasteiger partial charge in [-0.2, -0.15) is 0 Å². The van der Waals surface area contributed by atoms with Crippen LogP contribution in [0.25, 0.3) is 5.70 Å². The molecule has 0 unspecified atom stereocenters. The molecule has 0 aliphatic heterocycles. The van der Waals surface area contributed by atoms with Crippen molar-refractivity contribution in [2.45, 2.75) is 0 Å². The van der Waals surface area contributed by atoms with Crippen LogP contribution in [-0.4, -0.2) is 18.7 Å². The molecule has 3 aromatic rings. The van der Waals surface area contributed by atoms with Crippen LogP contribution in [0.5, 0.6) is 5.75 Å². The van der Waals surface area contributed by atoms with Crippen LogP contribution >= 0.6 is 0 Å². The monoisotopic (exact) mass is 371 g/mol. The molecular formula is C23H21N3O2. The predicted molar refractivity (Wildman–Crippen MR) is 113 cm³/mol. The number of nitrogens with two attached hydrogens (primary N) is 1. The maximum absolute atomic E-state index is 12.3. The second-order valence-corrected chi connectivity index (χ2v) is 6.11. The number of hydrogen-bond acceptors (Lipinski definition) is 4. The van der Waals surface area contributed by atoms with Gasteiger partial charge >= 0.3 is 0 Å². The van der Waals surface area contributed by atoms with Gasteiger partial charge in [0.15, 0.2) is 0 Å². The molecular weight excluding hydrogens is 350 g/mol. The molecule has 0 atom stereocenters. The van der Waals surface area contributed by atoms with Crippen molar-refractivity contribution in [3.05, 3.63) is 102 Å². The zero-order chi connectivity index (χ0) is 19.9. The minimum absolute atomic E-state index is 0.204. The van der Waals surface area contributed by atoms with E-state index in [1.165, 1.54) is 7.11 Å². The number of hydrogen-bond donors (Lipinski definition) is 3. The number of nitrogens with one attached hydrogen (secondary N) is 2. The van der Waals surface area contributed by atoms with Crippen LogP contribution in [0.3, 0.4) is 0 Å². The molecule has 0 aliphatic carbocycles. The molecule has 0 fully saturated rings. The first-order valence-corrected chi connectivity index (χ1v) is 8.74. The lowest BCUT2D eigenvalue weighted by Gasteiger charge is -2.12. The lowest BCUT2D eigenvalue weighted by atomic mass is 10.1. The molecule has 5 heteroatoms. The third kappa shape index (κ3) is 4.45. The lowest BCUT2D eigenvalue weighted by molar-refractivity contribution is 0.102. The Balaban J connectivity index is 1.82. The van der Waals surface area contributed by atoms with Gasteiger partial charge in [-0.15, -0.1) is 0 Å². The first-order chi connectivity index (χ1) is 13.6. The Labute approximate surface area is 164 Å². The van der Waals surface area contributed by atoms with E-state index in [1.807, 2.05) is 48.5 Å². The van der Waals surface area contributed by atoms with Crippen molar-refractivity contribution < 1.29 is 9.53 Å². The Morgan fingerprint density at radius 3 is 2.18 bits per heavy atom. The summed E-state index contributed by atoms with van der Waals surface area (Å²) in [7, 11) is 1.54. The van der Waals surface area contributed by atoms with Crippen LogP contribution in [0.4, 0.5) is 5.69 Å². The summed E-state index contributed by atoms with van der Waals surface area (Å²) < 4.78 is 5.44. The standard InChI is InChI=1S/C23H21N3O2/c1-28-22-14-18(26-23(27)17-10-6-3-7-11-17)12-13-19(22)21(25)15-20(24)16-8-4-2-5-9-16/h2-15,24H,25H2,1H3,(H,26,27)/b21-15-,24-20?. The minimum atomic E-state index is -0.204. The number of amides is 1. The van der Waals surface area contributed by atoms with Crippen LogP contribution in [0.15, 0.2) is 84.9 Å². The lowest BCUT2D eigenvalue weighted by Crippen LogP contribution is -2.12. The fourth-order valence-electron chi connectivity index (χ4n) is 2.73. The normalized spacial score (nSPS) is 11.0. The highest BCUT2D eigenvalue weighted by Crippen LogP contribution is 2.27. The van der Waals surface area contributed by atoms with E-state index >= 15 is 0 Å². The molecule has 0 bridgehead atoms. The SMILES string of the molecule is COc1cc(NC(=O)c2ccccc2)ccc1/C(N)=C/C(=N)c1ccccc1. The number of carbonyl (C=O) groups excluding carboxylic acids is 1. The van der Waals surface area contributed by atoms with Crippen LogP contribution in [-0.2, 0) is 0 Å². The summed E-state index contributed by atoms with van der Waals surface area (Å²) in [4.78, 5) is 12.3. The quantitative estimate of drug-likeness (QED) is 0.564. The molecule has 0 saturated heterocycles. The van der Waals surface area contributed by atoms with E-state index in [4.69, 9.17) is 15.9 Å². The molecule has 3 rings (SSSR count). The molecule has 140 valence electrons. The van der Waals surface area contributed by atoms with Crippen molar-refractivity contribution in [1.82, 2.24) is 0 Å². The summed E-state index contributed by atoms with van der Waals surface area (Å²) in [6.45, 7) is 0. The third-order valence-electron chi connectivity index (χ3n) is 4.19. The molecule has 0 aliphatic rings. The number of rotatable bonds is 6. The van der Waals surface area contributed by atoms with Gasteiger partial charge in [0.05, 0.1) is 12.8 Å². The third-order valence-corrected chi connectivity index (χ3v) is 4.19. The van der Waals surface area contributed by atoms with E-state index < -0.39 is 0 Å². The van der Waals surface area contributed by atoms with E-state index in [0.717, 1.165) is 5.56 Å². The highest BCUT2D eigenvalue weighted by Gasteiger charge is 2.11. The second kappa shape index (κ2) is 8.68. The molecule has 0 saturated carbocycles. The van der Waals surface area contributed by atoms with E-state index in [1.54, 1.807) is 36.4 Å². The molecule has 0 aromatic heterocycles. The zero-order valence-corrected chi connectivity index (χ0v) is 15.5. The van der Waals surface area contributed by atoms with Crippen molar-refractivity contribution in [3.63, 3.8) is 0 Å². The van der Waals surface area contributed by atoms with Gasteiger partial charge in [-0.05, 0) is 35.9 Å². The molecule has 3 aromatic carbocycles. The van der Waals surface area contributed by atoms with Gasteiger partial charge in [-0.25, -0.2) is 0 Å². The summed E-state index contributed by atoms with van der Waals surface area (Å²) in [5.74, 6) is 0.310. The highest BCUT2D eigenvalue weighted by atomic mass is 16.5. The zero-order valence-electron chi connectivity index (χ0n) is 15.5. The summed E-state index contributed by atoms with van der Waals surface area (Å²) in [5, 5.41) is 11.1. The Hall–Kier alpha value is -3.86. The molecule has 0 radical (unpaired) electrons. The van der Waals surface area contributed by atoms with Crippen LogP contribution < -0.4 is 15.8 Å². The van der Waals surface area contributed by atoms with Crippen molar-refractivity contribution in [1.29, 1.82) is 5.41 Å². The topological polar surface area (TPSA) is 88.2 Å². The summed E-state index contributed by atoms with van der Waals surface area (Å²) in [6.07, 6.45) is 1.59. The number of methoxy groups -OCH3 is 1. The number of benzene rings is 3. The Kier molecular flexibility index (Phi) is 5.87. The molecule has 0 heterocycles. The van der Waals surface area contributed by atoms with E-state index in [-0.39, 0.29) is 5.91 Å². The van der Waals surface area contributed by atoms with Gasteiger partial charge in [-0.3, -0.25) is 4.79 Å². The van der Waals surface area contributed by atoms with Gasteiger partial charge < -0.3 is 21.2 Å². The van der Waals surface area contributed by atoms with Crippen molar-refractivity contribution in [2.24, 2.45) is 5.73 Å². The largest absolute Gasteiger partial charge is 0.496 e. The summed E-state index contributed by atoms with van der Waals surface area (Å²) in [5.41, 5.74) is 9.52. The number of carbonyl (C=O) groups is 1. The second-order valence-electron chi connectivity index (χ2n) is 6.11. The van der Waals surface area contributed by atoms with Gasteiger partial charge in [-0.1, -0.05) is 48.5 Å². The van der Waals surface area contributed by atoms with Gasteiger partial charge in [0.25, 0.3) is 5.91 Å². The van der Waals surface area contributed by atoms with E-state index in [9.17, 15) is 4.79 Å². The molecule has 0 spiro atoms. The fourth-order valence-corrected chi connectivity index (χ4v) is 2.73. The first kappa shape index (κ1) is 18.9. The fraction of sp³-hybridized carbons (Fsp3) is 0.0435. The van der Waals surface area contributed by atoms with Gasteiger partial charge in [0.1, 0.15) is 5.75 Å². The molecule has 1 amide bonds. The van der Waals surface area contributed by atoms with Crippen LogP contribution in [0, 0.1) is 5.41 Å². The minimum Gasteiger partial charge on any atom is -0.496 e. The van der Waals surface area contributed by atoms with Crippen molar-refractivity contribution in [3.8, 4) is 5.75 Å². The van der Waals surface area contributed by atoms with Crippen LogP contribution in [0.2, 0.25) is 0 Å². The average molecular weight is 371 g/mol. The van der Waals surface area contributed by atoms with E-state index in [2.05, 4.69) is 5.32 Å². The van der Waals surface area contributed by atoms with E-state index in [0.29, 0.717) is 34.0 Å². The number of anilines is 1.